The van der Waals surface area contributed by atoms with Crippen LogP contribution in [0.1, 0.15) is 15.9 Å². The number of piperazine rings is 1. The second kappa shape index (κ2) is 7.08. The number of nitrogens with zero attached hydrogens (tertiary/aromatic N) is 4. The number of carbonyl (C=O) groups is 2. The van der Waals surface area contributed by atoms with E-state index < -0.39 is 0 Å². The van der Waals surface area contributed by atoms with E-state index in [9.17, 15) is 14.7 Å². The Labute approximate surface area is 139 Å². The summed E-state index contributed by atoms with van der Waals surface area (Å²) in [6.45, 7) is 1.85. The number of phenolic OH excluding ortho intramolecular Hbond substituents is 1. The number of aromatic nitrogens is 2. The molecule has 1 aromatic heterocycles. The minimum atomic E-state index is -0.211. The van der Waals surface area contributed by atoms with Crippen LogP contribution in [0.25, 0.3) is 0 Å². The standard InChI is InChI=1S/C17H18N4O3/c22-15-4-2-1-3-14(15)17(24)21-7-5-20(6-8-21)16(23)9-13-10-18-12-19-11-13/h1-4,10-12,22H,5-9H2. The molecule has 7 nitrogen and oxygen atoms in total. The van der Waals surface area contributed by atoms with Gasteiger partial charge in [0.25, 0.3) is 5.91 Å². The fourth-order valence-corrected chi connectivity index (χ4v) is 2.69. The average molecular weight is 326 g/mol. The number of para-hydroxylation sites is 1. The van der Waals surface area contributed by atoms with E-state index >= 15 is 0 Å². The van der Waals surface area contributed by atoms with E-state index in [0.29, 0.717) is 31.7 Å². The Hall–Kier alpha value is -2.96. The molecule has 3 rings (SSSR count). The molecule has 1 aromatic carbocycles. The lowest BCUT2D eigenvalue weighted by Crippen LogP contribution is -2.51. The summed E-state index contributed by atoms with van der Waals surface area (Å²) in [4.78, 5) is 35.9. The van der Waals surface area contributed by atoms with Crippen LogP contribution in [0.5, 0.6) is 5.75 Å². The Bertz CT molecular complexity index is 728. The van der Waals surface area contributed by atoms with Crippen molar-refractivity contribution in [2.75, 3.05) is 26.2 Å². The first-order valence-corrected chi connectivity index (χ1v) is 7.74. The van der Waals surface area contributed by atoms with Gasteiger partial charge in [0.1, 0.15) is 12.1 Å². The molecule has 1 aliphatic rings. The zero-order chi connectivity index (χ0) is 16.9. The van der Waals surface area contributed by atoms with Gasteiger partial charge in [-0.05, 0) is 17.7 Å². The summed E-state index contributed by atoms with van der Waals surface area (Å²) < 4.78 is 0. The molecular formula is C17H18N4O3. The molecule has 1 saturated heterocycles. The summed E-state index contributed by atoms with van der Waals surface area (Å²) >= 11 is 0. The Morgan fingerprint density at radius 1 is 1.00 bits per heavy atom. The van der Waals surface area contributed by atoms with Crippen molar-refractivity contribution < 1.29 is 14.7 Å². The van der Waals surface area contributed by atoms with Gasteiger partial charge < -0.3 is 14.9 Å². The van der Waals surface area contributed by atoms with Crippen molar-refractivity contribution in [3.8, 4) is 5.75 Å². The van der Waals surface area contributed by atoms with Crippen molar-refractivity contribution in [1.29, 1.82) is 0 Å². The second-order valence-corrected chi connectivity index (χ2v) is 5.61. The highest BCUT2D eigenvalue weighted by Gasteiger charge is 2.26. The molecular weight excluding hydrogens is 308 g/mol. The first-order valence-electron chi connectivity index (χ1n) is 7.74. The molecule has 1 N–H and O–H groups in total. The first-order chi connectivity index (χ1) is 11.6. The first kappa shape index (κ1) is 15.9. The molecule has 0 spiro atoms. The quantitative estimate of drug-likeness (QED) is 0.898. The lowest BCUT2D eigenvalue weighted by Gasteiger charge is -2.35. The summed E-state index contributed by atoms with van der Waals surface area (Å²) in [6, 6.07) is 6.49. The van der Waals surface area contributed by atoms with Crippen LogP contribution in [0.15, 0.2) is 43.0 Å². The summed E-state index contributed by atoms with van der Waals surface area (Å²) in [5, 5.41) is 9.79. The Balaban J connectivity index is 1.57. The lowest BCUT2D eigenvalue weighted by molar-refractivity contribution is -0.131. The predicted octanol–water partition coefficient (Wildman–Crippen LogP) is 0.709. The maximum atomic E-state index is 12.4. The Morgan fingerprint density at radius 2 is 1.62 bits per heavy atom. The molecule has 0 atom stereocenters. The zero-order valence-electron chi connectivity index (χ0n) is 13.1. The molecule has 1 fully saturated rings. The van der Waals surface area contributed by atoms with Crippen molar-refractivity contribution in [1.82, 2.24) is 19.8 Å². The smallest absolute Gasteiger partial charge is 0.257 e. The highest BCUT2D eigenvalue weighted by molar-refractivity contribution is 5.97. The summed E-state index contributed by atoms with van der Waals surface area (Å²) in [5.41, 5.74) is 1.06. The highest BCUT2D eigenvalue weighted by atomic mass is 16.3. The number of phenols is 1. The molecule has 7 heteroatoms. The lowest BCUT2D eigenvalue weighted by atomic mass is 10.1. The fraction of sp³-hybridized carbons (Fsp3) is 0.294. The Morgan fingerprint density at radius 3 is 2.29 bits per heavy atom. The molecule has 0 unspecified atom stereocenters. The van der Waals surface area contributed by atoms with E-state index in [0.717, 1.165) is 5.56 Å². The van der Waals surface area contributed by atoms with Gasteiger partial charge in [0, 0.05) is 38.6 Å². The van der Waals surface area contributed by atoms with Gasteiger partial charge in [-0.25, -0.2) is 9.97 Å². The normalized spacial score (nSPS) is 14.5. The van der Waals surface area contributed by atoms with Crippen molar-refractivity contribution in [2.45, 2.75) is 6.42 Å². The number of rotatable bonds is 3. The van der Waals surface area contributed by atoms with Gasteiger partial charge in [0.05, 0.1) is 12.0 Å². The predicted molar refractivity (Wildman–Crippen MR) is 86.3 cm³/mol. The largest absolute Gasteiger partial charge is 0.507 e. The van der Waals surface area contributed by atoms with E-state index in [1.54, 1.807) is 40.4 Å². The molecule has 2 amide bonds. The summed E-state index contributed by atoms with van der Waals surface area (Å²) in [7, 11) is 0. The zero-order valence-corrected chi connectivity index (χ0v) is 13.1. The van der Waals surface area contributed by atoms with Crippen molar-refractivity contribution >= 4 is 11.8 Å². The number of benzene rings is 1. The molecule has 1 aliphatic heterocycles. The number of hydrogen-bond acceptors (Lipinski definition) is 5. The third-order valence-electron chi connectivity index (χ3n) is 4.02. The number of carbonyl (C=O) groups excluding carboxylic acids is 2. The molecule has 2 aromatic rings. The monoisotopic (exact) mass is 326 g/mol. The topological polar surface area (TPSA) is 86.6 Å². The number of amides is 2. The van der Waals surface area contributed by atoms with Crippen LogP contribution < -0.4 is 0 Å². The van der Waals surface area contributed by atoms with Crippen LogP contribution in [0.4, 0.5) is 0 Å². The van der Waals surface area contributed by atoms with E-state index in [1.165, 1.54) is 12.4 Å². The van der Waals surface area contributed by atoms with E-state index in [-0.39, 0.29) is 24.0 Å². The van der Waals surface area contributed by atoms with E-state index in [1.807, 2.05) is 0 Å². The molecule has 24 heavy (non-hydrogen) atoms. The maximum Gasteiger partial charge on any atom is 0.257 e. The van der Waals surface area contributed by atoms with Crippen molar-refractivity contribution in [3.63, 3.8) is 0 Å². The van der Waals surface area contributed by atoms with Crippen LogP contribution in [0, 0.1) is 0 Å². The van der Waals surface area contributed by atoms with Crippen LogP contribution in [-0.4, -0.2) is 62.9 Å². The van der Waals surface area contributed by atoms with Crippen molar-refractivity contribution in [2.24, 2.45) is 0 Å². The van der Waals surface area contributed by atoms with Gasteiger partial charge in [-0.2, -0.15) is 0 Å². The minimum absolute atomic E-state index is 0.000502. The SMILES string of the molecule is O=C(Cc1cncnc1)N1CCN(C(=O)c2ccccc2O)CC1. The third-order valence-corrected chi connectivity index (χ3v) is 4.02. The third kappa shape index (κ3) is 3.51. The van der Waals surface area contributed by atoms with Crippen LogP contribution in [0.3, 0.4) is 0 Å². The van der Waals surface area contributed by atoms with E-state index in [2.05, 4.69) is 9.97 Å². The van der Waals surface area contributed by atoms with Crippen LogP contribution >= 0.6 is 0 Å². The maximum absolute atomic E-state index is 12.4. The number of aromatic hydroxyl groups is 1. The molecule has 0 aliphatic carbocycles. The minimum Gasteiger partial charge on any atom is -0.507 e. The molecule has 0 radical (unpaired) electrons. The average Bonchev–Trinajstić information content (AvgIpc) is 2.62. The van der Waals surface area contributed by atoms with Gasteiger partial charge in [-0.3, -0.25) is 9.59 Å². The molecule has 124 valence electrons. The molecule has 0 saturated carbocycles. The van der Waals surface area contributed by atoms with Crippen LogP contribution in [0.2, 0.25) is 0 Å². The summed E-state index contributed by atoms with van der Waals surface area (Å²) in [5.74, 6) is -0.235. The fourth-order valence-electron chi connectivity index (χ4n) is 2.69. The van der Waals surface area contributed by atoms with Gasteiger partial charge in [-0.15, -0.1) is 0 Å². The van der Waals surface area contributed by atoms with Gasteiger partial charge in [-0.1, -0.05) is 12.1 Å². The second-order valence-electron chi connectivity index (χ2n) is 5.61. The van der Waals surface area contributed by atoms with Gasteiger partial charge >= 0.3 is 0 Å². The van der Waals surface area contributed by atoms with Gasteiger partial charge in [0.15, 0.2) is 0 Å². The Kier molecular flexibility index (Phi) is 4.69. The number of hydrogen-bond donors (Lipinski definition) is 1. The van der Waals surface area contributed by atoms with E-state index in [4.69, 9.17) is 0 Å². The molecule has 2 heterocycles. The summed E-state index contributed by atoms with van der Waals surface area (Å²) in [6.07, 6.45) is 4.94. The van der Waals surface area contributed by atoms with Crippen molar-refractivity contribution in [3.05, 3.63) is 54.1 Å². The van der Waals surface area contributed by atoms with Crippen LogP contribution in [-0.2, 0) is 11.2 Å². The van der Waals surface area contributed by atoms with Gasteiger partial charge in [0.2, 0.25) is 5.91 Å². The highest BCUT2D eigenvalue weighted by Crippen LogP contribution is 2.18. The molecule has 0 bridgehead atoms.